The van der Waals surface area contributed by atoms with Gasteiger partial charge in [-0.15, -0.1) is 0 Å². The van der Waals surface area contributed by atoms with Crippen LogP contribution in [0.25, 0.3) is 0 Å². The Balaban J connectivity index is 1.77. The predicted octanol–water partition coefficient (Wildman–Crippen LogP) is 2.31. The minimum absolute atomic E-state index is 0.126. The topological polar surface area (TPSA) is 44.7 Å². The first-order valence-electron chi connectivity index (χ1n) is 7.09. The number of amides is 1. The third kappa shape index (κ3) is 3.49. The van der Waals surface area contributed by atoms with Crippen molar-refractivity contribution in [1.29, 1.82) is 0 Å². The average Bonchev–Trinajstić information content (AvgIpc) is 2.53. The van der Waals surface area contributed by atoms with Gasteiger partial charge in [0.25, 0.3) is 5.91 Å². The second-order valence-electron chi connectivity index (χ2n) is 5.21. The number of nitrogens with zero attached hydrogens (tertiary/aromatic N) is 2. The normalized spacial score (nSPS) is 14.5. The molecule has 5 heteroatoms. The van der Waals surface area contributed by atoms with Gasteiger partial charge < -0.3 is 4.90 Å². The number of hydrogen-bond acceptors (Lipinski definition) is 3. The van der Waals surface area contributed by atoms with Crippen LogP contribution in [0.5, 0.6) is 0 Å². The number of carbonyl (C=O) groups excluding carboxylic acids is 1. The lowest BCUT2D eigenvalue weighted by atomic mass is 10.1. The molecule has 4 nitrogen and oxygen atoms in total. The quantitative estimate of drug-likeness (QED) is 0.941. The third-order valence-corrected chi connectivity index (χ3v) is 3.50. The predicted molar refractivity (Wildman–Crippen MR) is 82.5 cm³/mol. The molecule has 0 radical (unpaired) electrons. The van der Waals surface area contributed by atoms with Crippen LogP contribution in [0.15, 0.2) is 59.7 Å². The summed E-state index contributed by atoms with van der Waals surface area (Å²) in [5.74, 6) is 0.387. The first kappa shape index (κ1) is 14.3. The van der Waals surface area contributed by atoms with Crippen molar-refractivity contribution in [2.45, 2.75) is 13.0 Å². The summed E-state index contributed by atoms with van der Waals surface area (Å²) in [5.41, 5.74) is 4.58. The number of nitrogens with one attached hydrogen (secondary N) is 1. The first-order valence-corrected chi connectivity index (χ1v) is 7.09. The van der Waals surface area contributed by atoms with Crippen molar-refractivity contribution in [3.8, 4) is 0 Å². The highest BCUT2D eigenvalue weighted by atomic mass is 19.1. The van der Waals surface area contributed by atoms with Gasteiger partial charge in [0.15, 0.2) is 0 Å². The number of amidine groups is 1. The van der Waals surface area contributed by atoms with Crippen LogP contribution in [0.1, 0.15) is 11.1 Å². The molecular weight excluding hydrogens is 281 g/mol. The molecular formula is C17H16FN3O. The maximum atomic E-state index is 13.0. The molecule has 2 aromatic carbocycles. The molecule has 0 aromatic heterocycles. The summed E-state index contributed by atoms with van der Waals surface area (Å²) in [4.78, 5) is 13.5. The molecule has 0 aliphatic carbocycles. The van der Waals surface area contributed by atoms with Crippen molar-refractivity contribution in [3.05, 3.63) is 71.5 Å². The van der Waals surface area contributed by atoms with Gasteiger partial charge in [-0.3, -0.25) is 4.79 Å². The lowest BCUT2D eigenvalue weighted by Gasteiger charge is -2.28. The van der Waals surface area contributed by atoms with Crippen molar-refractivity contribution in [2.24, 2.45) is 5.10 Å². The van der Waals surface area contributed by atoms with Gasteiger partial charge in [0.1, 0.15) is 18.2 Å². The number of carbonyl (C=O) groups is 1. The Morgan fingerprint density at radius 3 is 2.50 bits per heavy atom. The van der Waals surface area contributed by atoms with E-state index in [4.69, 9.17) is 0 Å². The molecule has 0 saturated heterocycles. The summed E-state index contributed by atoms with van der Waals surface area (Å²) in [6, 6.07) is 16.2. The fourth-order valence-corrected chi connectivity index (χ4v) is 2.38. The lowest BCUT2D eigenvalue weighted by Crippen LogP contribution is -2.45. The fraction of sp³-hybridized carbons (Fsp3) is 0.176. The van der Waals surface area contributed by atoms with Gasteiger partial charge in [-0.2, -0.15) is 5.10 Å². The Bertz CT molecular complexity index is 683. The highest BCUT2D eigenvalue weighted by Gasteiger charge is 2.20. The van der Waals surface area contributed by atoms with Crippen LogP contribution in [0.3, 0.4) is 0 Å². The number of halogens is 1. The molecule has 0 spiro atoms. The van der Waals surface area contributed by atoms with E-state index in [9.17, 15) is 9.18 Å². The maximum absolute atomic E-state index is 13.0. The monoisotopic (exact) mass is 297 g/mol. The number of benzene rings is 2. The van der Waals surface area contributed by atoms with E-state index in [2.05, 4.69) is 10.5 Å². The third-order valence-electron chi connectivity index (χ3n) is 3.50. The van der Waals surface area contributed by atoms with Gasteiger partial charge in [0, 0.05) is 13.0 Å². The van der Waals surface area contributed by atoms with E-state index in [-0.39, 0.29) is 18.3 Å². The van der Waals surface area contributed by atoms with Crippen LogP contribution in [0.4, 0.5) is 4.39 Å². The zero-order valence-corrected chi connectivity index (χ0v) is 12.0. The van der Waals surface area contributed by atoms with Gasteiger partial charge in [0.2, 0.25) is 0 Å². The molecule has 1 heterocycles. The molecule has 0 fully saturated rings. The molecule has 0 saturated carbocycles. The van der Waals surface area contributed by atoms with E-state index < -0.39 is 0 Å². The second-order valence-corrected chi connectivity index (χ2v) is 5.21. The highest BCUT2D eigenvalue weighted by molar-refractivity contribution is 5.92. The number of hydrazone groups is 1. The van der Waals surface area contributed by atoms with E-state index in [1.807, 2.05) is 35.2 Å². The van der Waals surface area contributed by atoms with Gasteiger partial charge >= 0.3 is 0 Å². The summed E-state index contributed by atoms with van der Waals surface area (Å²) >= 11 is 0. The molecule has 112 valence electrons. The summed E-state index contributed by atoms with van der Waals surface area (Å²) in [6.07, 6.45) is 0.549. The van der Waals surface area contributed by atoms with Crippen molar-refractivity contribution in [3.63, 3.8) is 0 Å². The van der Waals surface area contributed by atoms with Gasteiger partial charge in [-0.25, -0.2) is 9.82 Å². The van der Waals surface area contributed by atoms with Crippen LogP contribution in [0, 0.1) is 5.82 Å². The molecule has 2 aromatic rings. The average molecular weight is 297 g/mol. The molecule has 0 bridgehead atoms. The van der Waals surface area contributed by atoms with Crippen LogP contribution in [-0.2, 0) is 17.8 Å². The van der Waals surface area contributed by atoms with E-state index in [1.54, 1.807) is 12.1 Å². The Labute approximate surface area is 128 Å². The Morgan fingerprint density at radius 1 is 1.05 bits per heavy atom. The second kappa shape index (κ2) is 6.39. The van der Waals surface area contributed by atoms with Gasteiger partial charge in [-0.1, -0.05) is 42.5 Å². The minimum atomic E-state index is -0.260. The van der Waals surface area contributed by atoms with Crippen LogP contribution in [0.2, 0.25) is 0 Å². The van der Waals surface area contributed by atoms with Crippen molar-refractivity contribution >= 4 is 11.7 Å². The molecule has 22 heavy (non-hydrogen) atoms. The van der Waals surface area contributed by atoms with Crippen molar-refractivity contribution < 1.29 is 9.18 Å². The van der Waals surface area contributed by atoms with Crippen LogP contribution in [-0.4, -0.2) is 23.2 Å². The fourth-order valence-electron chi connectivity index (χ4n) is 2.38. The zero-order chi connectivity index (χ0) is 15.4. The summed E-state index contributed by atoms with van der Waals surface area (Å²) in [6.45, 7) is 0.892. The molecule has 0 atom stereocenters. The summed E-state index contributed by atoms with van der Waals surface area (Å²) in [5, 5.41) is 4.16. The Kier molecular flexibility index (Phi) is 4.14. The van der Waals surface area contributed by atoms with Crippen LogP contribution >= 0.6 is 0 Å². The van der Waals surface area contributed by atoms with Gasteiger partial charge in [-0.05, 0) is 23.3 Å². The first-order chi connectivity index (χ1) is 10.7. The maximum Gasteiger partial charge on any atom is 0.259 e. The molecule has 1 aliphatic heterocycles. The highest BCUT2D eigenvalue weighted by Crippen LogP contribution is 2.12. The molecule has 3 rings (SSSR count). The van der Waals surface area contributed by atoms with Crippen molar-refractivity contribution in [1.82, 2.24) is 10.3 Å². The largest absolute Gasteiger partial charge is 0.345 e. The van der Waals surface area contributed by atoms with E-state index >= 15 is 0 Å². The van der Waals surface area contributed by atoms with Gasteiger partial charge in [0.05, 0.1) is 0 Å². The smallest absolute Gasteiger partial charge is 0.259 e. The summed E-state index contributed by atoms with van der Waals surface area (Å²) in [7, 11) is 0. The van der Waals surface area contributed by atoms with E-state index in [0.717, 1.165) is 17.0 Å². The lowest BCUT2D eigenvalue weighted by molar-refractivity contribution is -0.122. The number of hydrogen-bond donors (Lipinski definition) is 1. The SMILES string of the molecule is O=C1CN(Cc2ccccc2)C(Cc2ccc(F)cc2)=NN1. The molecule has 0 unspecified atom stereocenters. The molecule has 1 aliphatic rings. The Hall–Kier alpha value is -2.69. The molecule has 1 N–H and O–H groups in total. The van der Waals surface area contributed by atoms with Crippen LogP contribution < -0.4 is 5.43 Å². The van der Waals surface area contributed by atoms with Crippen molar-refractivity contribution in [2.75, 3.05) is 6.54 Å². The standard InChI is InChI=1S/C17H16FN3O/c18-15-8-6-13(7-9-15)10-16-19-20-17(22)12-21(16)11-14-4-2-1-3-5-14/h1-9H,10-12H2,(H,20,22). The number of rotatable bonds is 4. The zero-order valence-electron chi connectivity index (χ0n) is 12.0. The van der Waals surface area contributed by atoms with E-state index in [1.165, 1.54) is 12.1 Å². The van der Waals surface area contributed by atoms with E-state index in [0.29, 0.717) is 13.0 Å². The minimum Gasteiger partial charge on any atom is -0.345 e. The molecule has 1 amide bonds. The summed E-state index contributed by atoms with van der Waals surface area (Å²) < 4.78 is 13.0. The Morgan fingerprint density at radius 2 is 1.77 bits per heavy atom.